The van der Waals surface area contributed by atoms with Crippen LogP contribution < -0.4 is 0 Å². The predicted octanol–water partition coefficient (Wildman–Crippen LogP) is 5.10. The minimum absolute atomic E-state index is 0.0198. The van der Waals surface area contributed by atoms with Gasteiger partial charge in [0.15, 0.2) is 0 Å². The third kappa shape index (κ3) is 5.36. The molecule has 184 valence electrons. The Kier molecular flexibility index (Phi) is 7.07. The lowest BCUT2D eigenvalue weighted by molar-refractivity contribution is 0.0744. The van der Waals surface area contributed by atoms with Gasteiger partial charge in [-0.05, 0) is 48.9 Å². The fourth-order valence-electron chi connectivity index (χ4n) is 5.10. The van der Waals surface area contributed by atoms with E-state index in [1.165, 1.54) is 11.1 Å². The summed E-state index contributed by atoms with van der Waals surface area (Å²) in [6, 6.07) is 16.1. The molecule has 3 aromatic rings. The zero-order valence-electron chi connectivity index (χ0n) is 19.9. The van der Waals surface area contributed by atoms with E-state index in [2.05, 4.69) is 36.3 Å². The molecule has 7 nitrogen and oxygen atoms in total. The Labute approximate surface area is 210 Å². The molecule has 1 aromatic heterocycles. The Morgan fingerprint density at radius 2 is 1.83 bits per heavy atom. The third-order valence-electron chi connectivity index (χ3n) is 7.19. The second kappa shape index (κ2) is 10.4. The van der Waals surface area contributed by atoms with Gasteiger partial charge in [-0.3, -0.25) is 0 Å². The minimum Gasteiger partial charge on any atom is -0.393 e. The van der Waals surface area contributed by atoms with Gasteiger partial charge in [0, 0.05) is 42.7 Å². The third-order valence-corrected chi connectivity index (χ3v) is 7.42. The number of aryl methyl sites for hydroxylation is 1. The van der Waals surface area contributed by atoms with Gasteiger partial charge in [-0.25, -0.2) is 4.79 Å². The van der Waals surface area contributed by atoms with Crippen LogP contribution in [0.1, 0.15) is 55.0 Å². The molecule has 2 unspecified atom stereocenters. The van der Waals surface area contributed by atoms with Crippen molar-refractivity contribution in [2.24, 2.45) is 0 Å². The molecule has 8 heteroatoms. The molecule has 2 atom stereocenters. The highest BCUT2D eigenvalue weighted by Crippen LogP contribution is 2.37. The molecule has 5 rings (SSSR count). The molecule has 35 heavy (non-hydrogen) atoms. The van der Waals surface area contributed by atoms with Crippen molar-refractivity contribution in [2.75, 3.05) is 26.2 Å². The number of likely N-dealkylation sites (tertiary alicyclic amines) is 2. The average molecular weight is 495 g/mol. The van der Waals surface area contributed by atoms with Crippen LogP contribution in [0.15, 0.2) is 53.1 Å². The summed E-state index contributed by atoms with van der Waals surface area (Å²) in [4.78, 5) is 21.9. The number of hydrogen-bond donors (Lipinski definition) is 1. The summed E-state index contributed by atoms with van der Waals surface area (Å²) in [5.41, 5.74) is 3.31. The van der Waals surface area contributed by atoms with Gasteiger partial charge in [-0.15, -0.1) is 0 Å². The van der Waals surface area contributed by atoms with Crippen molar-refractivity contribution < 1.29 is 14.4 Å². The Balaban J connectivity index is 1.40. The largest absolute Gasteiger partial charge is 0.393 e. The number of hydrogen-bond acceptors (Lipinski definition) is 5. The molecule has 2 aromatic carbocycles. The van der Waals surface area contributed by atoms with E-state index in [1.807, 2.05) is 34.1 Å². The van der Waals surface area contributed by atoms with Crippen LogP contribution in [0.25, 0.3) is 11.4 Å². The summed E-state index contributed by atoms with van der Waals surface area (Å²) >= 11 is 6.14. The summed E-state index contributed by atoms with van der Waals surface area (Å²) in [7, 11) is 0. The van der Waals surface area contributed by atoms with Crippen LogP contribution in [0.2, 0.25) is 5.02 Å². The van der Waals surface area contributed by atoms with Crippen molar-refractivity contribution in [3.8, 4) is 11.4 Å². The number of aromatic nitrogens is 2. The Hall–Kier alpha value is -2.90. The van der Waals surface area contributed by atoms with Gasteiger partial charge in [-0.2, -0.15) is 4.98 Å². The minimum atomic E-state index is -0.318. The first-order chi connectivity index (χ1) is 17.0. The number of urea groups is 1. The summed E-state index contributed by atoms with van der Waals surface area (Å²) in [5, 5.41) is 14.7. The van der Waals surface area contributed by atoms with E-state index in [4.69, 9.17) is 21.1 Å². The monoisotopic (exact) mass is 494 g/mol. The van der Waals surface area contributed by atoms with Gasteiger partial charge in [0.1, 0.15) is 0 Å². The van der Waals surface area contributed by atoms with Gasteiger partial charge < -0.3 is 19.4 Å². The van der Waals surface area contributed by atoms with Gasteiger partial charge >= 0.3 is 6.03 Å². The number of rotatable bonds is 4. The van der Waals surface area contributed by atoms with E-state index in [0.717, 1.165) is 18.4 Å². The van der Waals surface area contributed by atoms with E-state index >= 15 is 0 Å². The normalized spacial score (nSPS) is 21.3. The van der Waals surface area contributed by atoms with Gasteiger partial charge in [0.25, 0.3) is 0 Å². The average Bonchev–Trinajstić information content (AvgIpc) is 3.39. The summed E-state index contributed by atoms with van der Waals surface area (Å²) in [6.07, 6.45) is 2.74. The first kappa shape index (κ1) is 23.8. The fraction of sp³-hybridized carbons (Fsp3) is 0.444. The molecule has 1 N–H and O–H groups in total. The first-order valence-corrected chi connectivity index (χ1v) is 12.8. The number of piperidine rings is 2. The van der Waals surface area contributed by atoms with Crippen molar-refractivity contribution in [3.05, 3.63) is 70.6 Å². The molecule has 3 heterocycles. The Bertz CT molecular complexity index is 1160. The molecule has 2 amide bonds. The summed E-state index contributed by atoms with van der Waals surface area (Å²) in [5.74, 6) is 1.14. The van der Waals surface area contributed by atoms with Crippen molar-refractivity contribution in [1.29, 1.82) is 0 Å². The van der Waals surface area contributed by atoms with E-state index < -0.39 is 0 Å². The molecule has 2 saturated heterocycles. The van der Waals surface area contributed by atoms with Gasteiger partial charge in [0.05, 0.1) is 12.0 Å². The lowest BCUT2D eigenvalue weighted by Crippen LogP contribution is -2.51. The van der Waals surface area contributed by atoms with Gasteiger partial charge in [-0.1, -0.05) is 60.1 Å². The van der Waals surface area contributed by atoms with E-state index in [9.17, 15) is 9.90 Å². The number of amides is 2. The standard InChI is InChI=1S/C27H31ClN4O3/c1-2-18-6-8-19(9-7-18)21-14-22(17-32(16-21)27(34)31-12-10-24(33)11-13-31)26-29-25(30-35-26)20-4-3-5-23(28)15-20/h3-9,15,21-22,24,33H,2,10-14,16-17H2,1H3. The predicted molar refractivity (Wildman–Crippen MR) is 134 cm³/mol. The lowest BCUT2D eigenvalue weighted by Gasteiger charge is -2.40. The van der Waals surface area contributed by atoms with Crippen molar-refractivity contribution in [2.45, 2.75) is 50.5 Å². The van der Waals surface area contributed by atoms with Crippen LogP contribution in [0.3, 0.4) is 0 Å². The highest BCUT2D eigenvalue weighted by atomic mass is 35.5. The van der Waals surface area contributed by atoms with Crippen LogP contribution in [0, 0.1) is 0 Å². The highest BCUT2D eigenvalue weighted by molar-refractivity contribution is 6.30. The maximum Gasteiger partial charge on any atom is 0.320 e. The molecule has 0 radical (unpaired) electrons. The molecular weight excluding hydrogens is 464 g/mol. The van der Waals surface area contributed by atoms with Crippen LogP contribution in [0.5, 0.6) is 0 Å². The van der Waals surface area contributed by atoms with Crippen LogP contribution in [-0.4, -0.2) is 63.4 Å². The lowest BCUT2D eigenvalue weighted by atomic mass is 9.84. The molecule has 0 aliphatic carbocycles. The van der Waals surface area contributed by atoms with Gasteiger partial charge in [0.2, 0.25) is 11.7 Å². The van der Waals surface area contributed by atoms with Crippen molar-refractivity contribution >= 4 is 17.6 Å². The van der Waals surface area contributed by atoms with Crippen LogP contribution in [-0.2, 0) is 6.42 Å². The second-order valence-corrected chi connectivity index (χ2v) is 10.0. The zero-order valence-corrected chi connectivity index (χ0v) is 20.7. The van der Waals surface area contributed by atoms with Crippen molar-refractivity contribution in [3.63, 3.8) is 0 Å². The number of halogens is 1. The molecule has 2 aliphatic rings. The quantitative estimate of drug-likeness (QED) is 0.545. The maximum absolute atomic E-state index is 13.5. The molecule has 0 saturated carbocycles. The molecule has 2 fully saturated rings. The zero-order chi connectivity index (χ0) is 24.4. The van der Waals surface area contributed by atoms with E-state index in [1.54, 1.807) is 0 Å². The maximum atomic E-state index is 13.5. The Morgan fingerprint density at radius 3 is 2.54 bits per heavy atom. The van der Waals surface area contributed by atoms with E-state index in [-0.39, 0.29) is 24.0 Å². The fourth-order valence-corrected chi connectivity index (χ4v) is 5.29. The topological polar surface area (TPSA) is 82.7 Å². The second-order valence-electron chi connectivity index (χ2n) is 9.60. The summed E-state index contributed by atoms with van der Waals surface area (Å²) < 4.78 is 5.72. The Morgan fingerprint density at radius 1 is 1.09 bits per heavy atom. The van der Waals surface area contributed by atoms with E-state index in [0.29, 0.717) is 55.8 Å². The number of aliphatic hydroxyl groups excluding tert-OH is 1. The number of aliphatic hydroxyl groups is 1. The highest BCUT2D eigenvalue weighted by Gasteiger charge is 2.37. The molecule has 2 aliphatic heterocycles. The smallest absolute Gasteiger partial charge is 0.320 e. The van der Waals surface area contributed by atoms with Crippen molar-refractivity contribution in [1.82, 2.24) is 19.9 Å². The number of carbonyl (C=O) groups excluding carboxylic acids is 1. The van der Waals surface area contributed by atoms with Crippen LogP contribution >= 0.6 is 11.6 Å². The summed E-state index contributed by atoms with van der Waals surface area (Å²) in [6.45, 7) is 4.48. The van der Waals surface area contributed by atoms with Crippen LogP contribution in [0.4, 0.5) is 4.79 Å². The SMILES string of the molecule is CCc1ccc(C2CC(c3nc(-c4cccc(Cl)c4)no3)CN(C(=O)N3CCC(O)CC3)C2)cc1. The number of benzene rings is 2. The molecular formula is C27H31ClN4O3. The number of carbonyl (C=O) groups is 1. The number of nitrogens with zero attached hydrogens (tertiary/aromatic N) is 4. The first-order valence-electron chi connectivity index (χ1n) is 12.4. The molecule has 0 bridgehead atoms. The molecule has 0 spiro atoms.